The van der Waals surface area contributed by atoms with Crippen LogP contribution in [0.1, 0.15) is 36.8 Å². The molecule has 1 aliphatic carbocycles. The number of nitrogens with zero attached hydrogens (tertiary/aromatic N) is 2. The Kier molecular flexibility index (Phi) is 5.76. The van der Waals surface area contributed by atoms with Crippen LogP contribution < -0.4 is 0 Å². The van der Waals surface area contributed by atoms with E-state index in [9.17, 15) is 13.2 Å². The third kappa shape index (κ3) is 4.40. The van der Waals surface area contributed by atoms with Crippen LogP contribution in [0, 0.1) is 0 Å². The minimum atomic E-state index is -3.41. The second-order valence-corrected chi connectivity index (χ2v) is 8.82. The summed E-state index contributed by atoms with van der Waals surface area (Å²) in [6.07, 6.45) is 4.85. The van der Waals surface area contributed by atoms with Crippen LogP contribution in [-0.4, -0.2) is 61.4 Å². The standard InChI is InChI=1S/C18H26N2O4S/c21-18(22)6-1-2-9-19-10-12-20(13-11-19)25(23,24)17-8-7-15-4-3-5-16(15)14-17/h7-8,14H,1-6,9-13H2,(H,21,22). The van der Waals surface area contributed by atoms with Gasteiger partial charge in [-0.15, -0.1) is 0 Å². The lowest BCUT2D eigenvalue weighted by Crippen LogP contribution is -2.48. The van der Waals surface area contributed by atoms with Gasteiger partial charge in [-0.3, -0.25) is 4.79 Å². The molecule has 0 atom stereocenters. The zero-order valence-electron chi connectivity index (χ0n) is 14.5. The number of rotatable bonds is 7. The quantitative estimate of drug-likeness (QED) is 0.744. The second kappa shape index (κ2) is 7.85. The van der Waals surface area contributed by atoms with Crippen molar-refractivity contribution < 1.29 is 18.3 Å². The van der Waals surface area contributed by atoms with Crippen molar-refractivity contribution in [2.24, 2.45) is 0 Å². The Labute approximate surface area is 149 Å². The van der Waals surface area contributed by atoms with Gasteiger partial charge < -0.3 is 10.0 Å². The maximum atomic E-state index is 12.9. The van der Waals surface area contributed by atoms with Gasteiger partial charge in [0.25, 0.3) is 0 Å². The highest BCUT2D eigenvalue weighted by molar-refractivity contribution is 7.89. The van der Waals surface area contributed by atoms with Crippen LogP contribution in [-0.2, 0) is 27.7 Å². The number of aliphatic carboxylic acids is 1. The van der Waals surface area contributed by atoms with Gasteiger partial charge in [-0.2, -0.15) is 4.31 Å². The van der Waals surface area contributed by atoms with Gasteiger partial charge in [0.1, 0.15) is 0 Å². The van der Waals surface area contributed by atoms with Crippen LogP contribution in [0.15, 0.2) is 23.1 Å². The van der Waals surface area contributed by atoms with Crippen LogP contribution in [0.4, 0.5) is 0 Å². The van der Waals surface area contributed by atoms with Crippen LogP contribution >= 0.6 is 0 Å². The molecule has 1 saturated heterocycles. The summed E-state index contributed by atoms with van der Waals surface area (Å²) < 4.78 is 27.3. The molecule has 1 fully saturated rings. The van der Waals surface area contributed by atoms with Gasteiger partial charge in [-0.1, -0.05) is 6.07 Å². The maximum Gasteiger partial charge on any atom is 0.303 e. The molecule has 1 aromatic carbocycles. The molecule has 2 aliphatic rings. The van der Waals surface area contributed by atoms with E-state index < -0.39 is 16.0 Å². The van der Waals surface area contributed by atoms with E-state index in [-0.39, 0.29) is 6.42 Å². The summed E-state index contributed by atoms with van der Waals surface area (Å²) in [7, 11) is -3.41. The average Bonchev–Trinajstić information content (AvgIpc) is 3.06. The number of carboxylic acids is 1. The second-order valence-electron chi connectivity index (χ2n) is 6.88. The number of piperazine rings is 1. The highest BCUT2D eigenvalue weighted by Gasteiger charge is 2.29. The molecule has 7 heteroatoms. The van der Waals surface area contributed by atoms with Gasteiger partial charge in [-0.25, -0.2) is 8.42 Å². The van der Waals surface area contributed by atoms with Gasteiger partial charge in [0, 0.05) is 32.6 Å². The van der Waals surface area contributed by atoms with Gasteiger partial charge >= 0.3 is 5.97 Å². The SMILES string of the molecule is O=C(O)CCCCN1CCN(S(=O)(=O)c2ccc3c(c2)CCC3)CC1. The topological polar surface area (TPSA) is 77.9 Å². The molecule has 0 saturated carbocycles. The third-order valence-electron chi connectivity index (χ3n) is 5.15. The Morgan fingerprint density at radius 1 is 1.04 bits per heavy atom. The van der Waals surface area contributed by atoms with Crippen LogP contribution in [0.3, 0.4) is 0 Å². The fourth-order valence-electron chi connectivity index (χ4n) is 3.66. The number of hydrogen-bond donors (Lipinski definition) is 1. The zero-order chi connectivity index (χ0) is 17.9. The highest BCUT2D eigenvalue weighted by atomic mass is 32.2. The molecular weight excluding hydrogens is 340 g/mol. The van der Waals surface area contributed by atoms with E-state index in [0.29, 0.717) is 37.5 Å². The Morgan fingerprint density at radius 2 is 1.76 bits per heavy atom. The molecule has 0 spiro atoms. The largest absolute Gasteiger partial charge is 0.481 e. The maximum absolute atomic E-state index is 12.9. The number of unbranched alkanes of at least 4 members (excludes halogenated alkanes) is 1. The van der Waals surface area contributed by atoms with E-state index in [0.717, 1.165) is 32.2 Å². The number of fused-ring (bicyclic) bond motifs is 1. The minimum absolute atomic E-state index is 0.201. The molecule has 0 bridgehead atoms. The van der Waals surface area contributed by atoms with Gasteiger partial charge in [0.2, 0.25) is 10.0 Å². The molecule has 3 rings (SSSR count). The molecule has 0 unspecified atom stereocenters. The molecular formula is C18H26N2O4S. The first-order valence-corrected chi connectivity index (χ1v) is 10.5. The number of sulfonamides is 1. The van der Waals surface area contributed by atoms with E-state index in [1.54, 1.807) is 10.4 Å². The van der Waals surface area contributed by atoms with E-state index >= 15 is 0 Å². The lowest BCUT2D eigenvalue weighted by atomic mass is 10.1. The molecule has 1 N–H and O–H groups in total. The highest BCUT2D eigenvalue weighted by Crippen LogP contribution is 2.26. The number of benzene rings is 1. The Hall–Kier alpha value is -1.44. The summed E-state index contributed by atoms with van der Waals surface area (Å²) in [5.41, 5.74) is 2.46. The predicted octanol–water partition coefficient (Wildman–Crippen LogP) is 1.74. The summed E-state index contributed by atoms with van der Waals surface area (Å²) in [6, 6.07) is 5.57. The normalized spacial score (nSPS) is 19.0. The van der Waals surface area contributed by atoms with Crippen molar-refractivity contribution in [2.45, 2.75) is 43.4 Å². The molecule has 6 nitrogen and oxygen atoms in total. The smallest absolute Gasteiger partial charge is 0.303 e. The summed E-state index contributed by atoms with van der Waals surface area (Å²) >= 11 is 0. The van der Waals surface area contributed by atoms with Crippen molar-refractivity contribution >= 4 is 16.0 Å². The molecule has 0 radical (unpaired) electrons. The zero-order valence-corrected chi connectivity index (χ0v) is 15.3. The first-order chi connectivity index (χ1) is 12.0. The van der Waals surface area contributed by atoms with E-state index in [1.165, 1.54) is 11.1 Å². The van der Waals surface area contributed by atoms with Gasteiger partial charge in [-0.05, 0) is 61.9 Å². The molecule has 0 aromatic heterocycles. The van der Waals surface area contributed by atoms with Crippen molar-refractivity contribution in [2.75, 3.05) is 32.7 Å². The Morgan fingerprint density at radius 3 is 2.48 bits per heavy atom. The lowest BCUT2D eigenvalue weighted by Gasteiger charge is -2.34. The number of hydrogen-bond acceptors (Lipinski definition) is 4. The van der Waals surface area contributed by atoms with Crippen molar-refractivity contribution in [1.29, 1.82) is 0 Å². The average molecular weight is 366 g/mol. The van der Waals surface area contributed by atoms with Crippen molar-refractivity contribution in [3.05, 3.63) is 29.3 Å². The molecule has 1 heterocycles. The monoisotopic (exact) mass is 366 g/mol. The first kappa shape index (κ1) is 18.4. The first-order valence-electron chi connectivity index (χ1n) is 9.03. The lowest BCUT2D eigenvalue weighted by molar-refractivity contribution is -0.137. The van der Waals surface area contributed by atoms with E-state index in [4.69, 9.17) is 5.11 Å². The minimum Gasteiger partial charge on any atom is -0.481 e. The number of carbonyl (C=O) groups is 1. The fraction of sp³-hybridized carbons (Fsp3) is 0.611. The van der Waals surface area contributed by atoms with Crippen LogP contribution in [0.25, 0.3) is 0 Å². The van der Waals surface area contributed by atoms with Gasteiger partial charge in [0.15, 0.2) is 0 Å². The molecule has 0 amide bonds. The molecule has 1 aromatic rings. The molecule has 1 aliphatic heterocycles. The van der Waals surface area contributed by atoms with Crippen molar-refractivity contribution in [3.8, 4) is 0 Å². The Bertz CT molecular complexity index is 725. The molecule has 138 valence electrons. The van der Waals surface area contributed by atoms with E-state index in [1.807, 2.05) is 12.1 Å². The predicted molar refractivity (Wildman–Crippen MR) is 95.2 cm³/mol. The Balaban J connectivity index is 1.54. The number of carboxylic acid groups (broad SMARTS) is 1. The van der Waals surface area contributed by atoms with Gasteiger partial charge in [0.05, 0.1) is 4.90 Å². The van der Waals surface area contributed by atoms with E-state index in [2.05, 4.69) is 4.90 Å². The number of aryl methyl sites for hydroxylation is 2. The fourth-order valence-corrected chi connectivity index (χ4v) is 5.14. The summed E-state index contributed by atoms with van der Waals surface area (Å²) in [4.78, 5) is 13.2. The third-order valence-corrected chi connectivity index (χ3v) is 7.05. The summed E-state index contributed by atoms with van der Waals surface area (Å²) in [6.45, 7) is 3.24. The van der Waals surface area contributed by atoms with Crippen LogP contribution in [0.2, 0.25) is 0 Å². The summed E-state index contributed by atoms with van der Waals surface area (Å²) in [5, 5.41) is 8.65. The summed E-state index contributed by atoms with van der Waals surface area (Å²) in [5.74, 6) is -0.759. The van der Waals surface area contributed by atoms with Crippen molar-refractivity contribution in [3.63, 3.8) is 0 Å². The van der Waals surface area contributed by atoms with Crippen LogP contribution in [0.5, 0.6) is 0 Å². The molecule has 25 heavy (non-hydrogen) atoms. The van der Waals surface area contributed by atoms with Crippen molar-refractivity contribution in [1.82, 2.24) is 9.21 Å².